The Morgan fingerprint density at radius 1 is 1.08 bits per heavy atom. The molecule has 8 nitrogen and oxygen atoms in total. The highest BCUT2D eigenvalue weighted by atomic mass is 32.1. The highest BCUT2D eigenvalue weighted by Crippen LogP contribution is 2.15. The number of nitrogens with zero attached hydrogens (tertiary/aromatic N) is 2. The summed E-state index contributed by atoms with van der Waals surface area (Å²) in [5.74, 6) is -1.40. The van der Waals surface area contributed by atoms with Gasteiger partial charge in [-0.25, -0.2) is 0 Å². The number of rotatable bonds is 8. The average molecular weight is 376 g/mol. The molecule has 1 aromatic carbocycles. The third-order valence-corrected chi connectivity index (χ3v) is 4.12. The lowest BCUT2D eigenvalue weighted by molar-refractivity contribution is -0.147. The first kappa shape index (κ1) is 19.5. The smallest absolute Gasteiger partial charge is 0.306 e. The molecule has 2 N–H and O–H groups in total. The number of carbonyl (C=O) groups excluding carboxylic acids is 3. The van der Waals surface area contributed by atoms with Crippen molar-refractivity contribution in [3.8, 4) is 0 Å². The fourth-order valence-electron chi connectivity index (χ4n) is 2.10. The molecular weight excluding hydrogens is 356 g/mol. The van der Waals surface area contributed by atoms with E-state index >= 15 is 0 Å². The predicted molar refractivity (Wildman–Crippen MR) is 97.9 cm³/mol. The molecule has 0 unspecified atom stereocenters. The standard InChI is InChI=1S/C17H20N4O4S/c1-3-12-6-4-5-7-13(12)18-15(23)10-25-16(24)9-8-14(22)19-17-21-20-11(2)26-17/h4-7H,3,8-10H2,1-2H3,(H,18,23)(H,19,21,22). The van der Waals surface area contributed by atoms with Crippen molar-refractivity contribution in [2.45, 2.75) is 33.1 Å². The third-order valence-electron chi connectivity index (χ3n) is 3.37. The number of para-hydroxylation sites is 1. The zero-order valence-electron chi connectivity index (χ0n) is 14.6. The maximum absolute atomic E-state index is 11.9. The van der Waals surface area contributed by atoms with E-state index in [-0.39, 0.29) is 18.7 Å². The van der Waals surface area contributed by atoms with Crippen LogP contribution in [0.1, 0.15) is 30.3 Å². The van der Waals surface area contributed by atoms with E-state index in [0.29, 0.717) is 10.8 Å². The van der Waals surface area contributed by atoms with E-state index in [1.165, 1.54) is 11.3 Å². The number of hydrogen-bond acceptors (Lipinski definition) is 7. The van der Waals surface area contributed by atoms with E-state index in [1.807, 2.05) is 25.1 Å². The molecule has 0 atom stereocenters. The van der Waals surface area contributed by atoms with E-state index in [2.05, 4.69) is 20.8 Å². The van der Waals surface area contributed by atoms with Crippen LogP contribution in [-0.4, -0.2) is 34.6 Å². The maximum atomic E-state index is 11.9. The summed E-state index contributed by atoms with van der Waals surface area (Å²) >= 11 is 1.25. The Morgan fingerprint density at radius 2 is 1.85 bits per heavy atom. The molecule has 2 aromatic rings. The van der Waals surface area contributed by atoms with Crippen LogP contribution >= 0.6 is 11.3 Å². The SMILES string of the molecule is CCc1ccccc1NC(=O)COC(=O)CCC(=O)Nc1nnc(C)s1. The molecule has 0 bridgehead atoms. The molecule has 2 rings (SSSR count). The van der Waals surface area contributed by atoms with Crippen molar-refractivity contribution < 1.29 is 19.1 Å². The van der Waals surface area contributed by atoms with Gasteiger partial charge in [-0.05, 0) is 25.0 Å². The summed E-state index contributed by atoms with van der Waals surface area (Å²) in [7, 11) is 0. The van der Waals surface area contributed by atoms with E-state index in [1.54, 1.807) is 13.0 Å². The van der Waals surface area contributed by atoms with Crippen LogP contribution in [0.2, 0.25) is 0 Å². The molecule has 26 heavy (non-hydrogen) atoms. The Balaban J connectivity index is 1.69. The molecule has 1 heterocycles. The summed E-state index contributed by atoms with van der Waals surface area (Å²) < 4.78 is 4.90. The summed E-state index contributed by atoms with van der Waals surface area (Å²) in [6.45, 7) is 3.36. The van der Waals surface area contributed by atoms with E-state index < -0.39 is 18.5 Å². The third kappa shape index (κ3) is 6.25. The van der Waals surface area contributed by atoms with E-state index in [9.17, 15) is 14.4 Å². The second-order valence-corrected chi connectivity index (χ2v) is 6.58. The first-order valence-electron chi connectivity index (χ1n) is 8.11. The van der Waals surface area contributed by atoms with Crippen LogP contribution in [0.4, 0.5) is 10.8 Å². The minimum atomic E-state index is -0.618. The first-order valence-corrected chi connectivity index (χ1v) is 8.93. The van der Waals surface area contributed by atoms with Crippen molar-refractivity contribution in [2.24, 2.45) is 0 Å². The molecule has 0 fully saturated rings. The van der Waals surface area contributed by atoms with Gasteiger partial charge < -0.3 is 15.4 Å². The van der Waals surface area contributed by atoms with Gasteiger partial charge in [0, 0.05) is 12.1 Å². The number of hydrogen-bond donors (Lipinski definition) is 2. The number of amides is 2. The van der Waals surface area contributed by atoms with Crippen molar-refractivity contribution >= 4 is 39.9 Å². The molecule has 0 spiro atoms. The number of ether oxygens (including phenoxy) is 1. The molecule has 1 aromatic heterocycles. The summed E-state index contributed by atoms with van der Waals surface area (Å²) in [6, 6.07) is 7.42. The predicted octanol–water partition coefficient (Wildman–Crippen LogP) is 2.31. The van der Waals surface area contributed by atoms with Gasteiger partial charge in [0.25, 0.3) is 5.91 Å². The first-order chi connectivity index (χ1) is 12.5. The second-order valence-electron chi connectivity index (χ2n) is 5.39. The van der Waals surface area contributed by atoms with Crippen molar-refractivity contribution in [3.63, 3.8) is 0 Å². The van der Waals surface area contributed by atoms with Gasteiger partial charge in [0.05, 0.1) is 6.42 Å². The molecule has 0 saturated heterocycles. The lowest BCUT2D eigenvalue weighted by Gasteiger charge is -2.10. The average Bonchev–Trinajstić information content (AvgIpc) is 3.03. The molecule has 0 aliphatic carbocycles. The van der Waals surface area contributed by atoms with Crippen molar-refractivity contribution in [3.05, 3.63) is 34.8 Å². The van der Waals surface area contributed by atoms with Gasteiger partial charge in [0.1, 0.15) is 5.01 Å². The quantitative estimate of drug-likeness (QED) is 0.684. The van der Waals surface area contributed by atoms with E-state index in [4.69, 9.17) is 4.74 Å². The van der Waals surface area contributed by atoms with Crippen LogP contribution in [0.25, 0.3) is 0 Å². The number of anilines is 2. The Hall–Kier alpha value is -2.81. The number of aryl methyl sites for hydroxylation is 2. The lowest BCUT2D eigenvalue weighted by atomic mass is 10.1. The topological polar surface area (TPSA) is 110 Å². The fraction of sp³-hybridized carbons (Fsp3) is 0.353. The van der Waals surface area contributed by atoms with Crippen molar-refractivity contribution in [2.75, 3.05) is 17.2 Å². The molecule has 0 aliphatic heterocycles. The van der Waals surface area contributed by atoms with Gasteiger partial charge in [-0.15, -0.1) is 10.2 Å². The summed E-state index contributed by atoms with van der Waals surface area (Å²) in [5.41, 5.74) is 1.69. The maximum Gasteiger partial charge on any atom is 0.306 e. The zero-order valence-corrected chi connectivity index (χ0v) is 15.4. The van der Waals surface area contributed by atoms with Gasteiger partial charge in [0.15, 0.2) is 6.61 Å². The normalized spacial score (nSPS) is 10.2. The van der Waals surface area contributed by atoms with Crippen LogP contribution in [0.5, 0.6) is 0 Å². The Labute approximate surface area is 155 Å². The molecule has 0 aliphatic rings. The molecule has 9 heteroatoms. The molecule has 0 saturated carbocycles. The highest BCUT2D eigenvalue weighted by molar-refractivity contribution is 7.15. The van der Waals surface area contributed by atoms with Gasteiger partial charge in [-0.2, -0.15) is 0 Å². The second kappa shape index (κ2) is 9.62. The Bertz CT molecular complexity index is 791. The van der Waals surface area contributed by atoms with E-state index in [0.717, 1.165) is 17.0 Å². The van der Waals surface area contributed by atoms with Crippen LogP contribution < -0.4 is 10.6 Å². The number of nitrogens with one attached hydrogen (secondary N) is 2. The van der Waals surface area contributed by atoms with Crippen LogP contribution in [0.3, 0.4) is 0 Å². The highest BCUT2D eigenvalue weighted by Gasteiger charge is 2.12. The monoisotopic (exact) mass is 376 g/mol. The number of benzene rings is 1. The Kier molecular flexibility index (Phi) is 7.22. The largest absolute Gasteiger partial charge is 0.456 e. The fourth-order valence-corrected chi connectivity index (χ4v) is 2.71. The minimum Gasteiger partial charge on any atom is -0.456 e. The lowest BCUT2D eigenvalue weighted by Crippen LogP contribution is -2.22. The van der Waals surface area contributed by atoms with Crippen LogP contribution in [-0.2, 0) is 25.5 Å². The van der Waals surface area contributed by atoms with Crippen molar-refractivity contribution in [1.82, 2.24) is 10.2 Å². The Morgan fingerprint density at radius 3 is 2.54 bits per heavy atom. The summed E-state index contributed by atoms with van der Waals surface area (Å²) in [6.07, 6.45) is 0.597. The molecule has 0 radical (unpaired) electrons. The minimum absolute atomic E-state index is 0.0578. The van der Waals surface area contributed by atoms with Crippen molar-refractivity contribution in [1.29, 1.82) is 0 Å². The van der Waals surface area contributed by atoms with Gasteiger partial charge in [0.2, 0.25) is 11.0 Å². The van der Waals surface area contributed by atoms with Gasteiger partial charge in [-0.1, -0.05) is 36.5 Å². The molecule has 138 valence electrons. The van der Waals surface area contributed by atoms with Gasteiger partial charge in [-0.3, -0.25) is 14.4 Å². The number of aromatic nitrogens is 2. The molecular formula is C17H20N4O4S. The van der Waals surface area contributed by atoms with Crippen LogP contribution in [0.15, 0.2) is 24.3 Å². The zero-order chi connectivity index (χ0) is 18.9. The van der Waals surface area contributed by atoms with Crippen LogP contribution in [0, 0.1) is 6.92 Å². The number of carbonyl (C=O) groups is 3. The van der Waals surface area contributed by atoms with Gasteiger partial charge >= 0.3 is 5.97 Å². The summed E-state index contributed by atoms with van der Waals surface area (Å²) in [4.78, 5) is 35.3. The summed E-state index contributed by atoms with van der Waals surface area (Å²) in [5, 5.41) is 13.9. The number of esters is 1. The molecule has 2 amide bonds.